The van der Waals surface area contributed by atoms with Crippen molar-refractivity contribution in [3.8, 4) is 0 Å². The van der Waals surface area contributed by atoms with E-state index in [-0.39, 0.29) is 27.2 Å². The highest BCUT2D eigenvalue weighted by atomic mass is 35.5. The van der Waals surface area contributed by atoms with Gasteiger partial charge in [-0.2, -0.15) is 0 Å². The summed E-state index contributed by atoms with van der Waals surface area (Å²) >= 11 is 11.6. The summed E-state index contributed by atoms with van der Waals surface area (Å²) < 4.78 is 0. The van der Waals surface area contributed by atoms with Crippen LogP contribution < -0.4 is 5.32 Å². The number of anilines is 1. The zero-order valence-corrected chi connectivity index (χ0v) is 14.0. The molecular formula is C16H16Cl2N2O2. The number of pyridine rings is 1. The number of nitrogens with one attached hydrogen (secondary N) is 1. The molecule has 0 spiro atoms. The van der Waals surface area contributed by atoms with Crippen LogP contribution in [0.5, 0.6) is 0 Å². The molecule has 0 unspecified atom stereocenters. The van der Waals surface area contributed by atoms with Crippen molar-refractivity contribution in [2.45, 2.75) is 20.8 Å². The minimum Gasteiger partial charge on any atom is -0.322 e. The second kappa shape index (κ2) is 8.51. The maximum absolute atomic E-state index is 12.2. The Morgan fingerprint density at radius 2 is 1.68 bits per heavy atom. The Balaban J connectivity index is 0.00000116. The van der Waals surface area contributed by atoms with Crippen molar-refractivity contribution < 1.29 is 9.59 Å². The first-order valence-electron chi connectivity index (χ1n) is 6.72. The van der Waals surface area contributed by atoms with Crippen LogP contribution in [0.25, 0.3) is 0 Å². The Kier molecular flexibility index (Phi) is 7.02. The molecule has 1 amide bonds. The van der Waals surface area contributed by atoms with Gasteiger partial charge in [0.25, 0.3) is 5.91 Å². The van der Waals surface area contributed by atoms with Crippen LogP contribution in [0.15, 0.2) is 36.4 Å². The zero-order chi connectivity index (χ0) is 16.7. The summed E-state index contributed by atoms with van der Waals surface area (Å²) in [6.45, 7) is 5.31. The molecule has 0 aliphatic carbocycles. The van der Waals surface area contributed by atoms with Crippen molar-refractivity contribution in [1.29, 1.82) is 0 Å². The highest BCUT2D eigenvalue weighted by Crippen LogP contribution is 2.23. The molecule has 4 nitrogen and oxygen atoms in total. The number of hydrogen-bond donors (Lipinski definition) is 1. The van der Waals surface area contributed by atoms with Crippen LogP contribution in [0.3, 0.4) is 0 Å². The van der Waals surface area contributed by atoms with Gasteiger partial charge in [0.05, 0.1) is 10.6 Å². The first-order valence-corrected chi connectivity index (χ1v) is 7.48. The molecule has 2 rings (SSSR count). The monoisotopic (exact) mass is 338 g/mol. The zero-order valence-electron chi connectivity index (χ0n) is 12.5. The molecule has 0 atom stereocenters. The topological polar surface area (TPSA) is 59.1 Å². The van der Waals surface area contributed by atoms with Gasteiger partial charge < -0.3 is 5.32 Å². The van der Waals surface area contributed by atoms with Gasteiger partial charge in [0.15, 0.2) is 5.78 Å². The largest absolute Gasteiger partial charge is 0.322 e. The van der Waals surface area contributed by atoms with Crippen molar-refractivity contribution in [2.24, 2.45) is 0 Å². The van der Waals surface area contributed by atoms with Crippen LogP contribution in [0.2, 0.25) is 10.2 Å². The first-order chi connectivity index (χ1) is 10.5. The Morgan fingerprint density at radius 1 is 1.09 bits per heavy atom. The van der Waals surface area contributed by atoms with E-state index < -0.39 is 5.91 Å². The number of nitrogens with zero attached hydrogens (tertiary/aromatic N) is 1. The summed E-state index contributed by atoms with van der Waals surface area (Å²) in [6.07, 6.45) is 0. The van der Waals surface area contributed by atoms with E-state index in [9.17, 15) is 9.59 Å². The van der Waals surface area contributed by atoms with E-state index in [2.05, 4.69) is 10.3 Å². The van der Waals surface area contributed by atoms with Gasteiger partial charge in [-0.25, -0.2) is 4.98 Å². The number of para-hydroxylation sites is 1. The molecule has 1 aromatic heterocycles. The molecule has 0 fully saturated rings. The Hall–Kier alpha value is -1.91. The summed E-state index contributed by atoms with van der Waals surface area (Å²) in [6, 6.07) is 10.2. The molecule has 1 aromatic carbocycles. The lowest BCUT2D eigenvalue weighted by atomic mass is 10.1. The van der Waals surface area contributed by atoms with Gasteiger partial charge in [0.2, 0.25) is 0 Å². The molecule has 0 aliphatic heterocycles. The molecule has 6 heteroatoms. The van der Waals surface area contributed by atoms with Gasteiger partial charge in [0, 0.05) is 12.6 Å². The molecule has 1 heterocycles. The Morgan fingerprint density at radius 3 is 2.23 bits per heavy atom. The fourth-order valence-electron chi connectivity index (χ4n) is 1.63. The van der Waals surface area contributed by atoms with Crippen molar-refractivity contribution in [2.75, 3.05) is 5.32 Å². The molecule has 2 aromatic rings. The normalized spacial score (nSPS) is 9.50. The van der Waals surface area contributed by atoms with Gasteiger partial charge in [-0.3, -0.25) is 9.59 Å². The quantitative estimate of drug-likeness (QED) is 0.641. The number of aromatic nitrogens is 1. The van der Waals surface area contributed by atoms with Gasteiger partial charge in [-0.15, -0.1) is 0 Å². The van der Waals surface area contributed by atoms with Gasteiger partial charge in [-0.05, 0) is 18.2 Å². The van der Waals surface area contributed by atoms with Gasteiger partial charge in [0.1, 0.15) is 10.8 Å². The molecule has 1 N–H and O–H groups in total. The van der Waals surface area contributed by atoms with Crippen molar-refractivity contribution in [3.63, 3.8) is 0 Å². The number of ketones is 1. The molecule has 22 heavy (non-hydrogen) atoms. The number of carbonyl (C=O) groups excluding carboxylic acids is 2. The Bertz CT molecular complexity index is 673. The highest BCUT2D eigenvalue weighted by molar-refractivity contribution is 6.41. The maximum atomic E-state index is 12.2. The third kappa shape index (κ3) is 4.55. The van der Waals surface area contributed by atoms with Crippen molar-refractivity contribution in [1.82, 2.24) is 4.98 Å². The number of halogens is 2. The van der Waals surface area contributed by atoms with E-state index >= 15 is 0 Å². The summed E-state index contributed by atoms with van der Waals surface area (Å²) in [5.74, 6) is -0.825. The van der Waals surface area contributed by atoms with Crippen molar-refractivity contribution in [3.05, 3.63) is 57.8 Å². The van der Waals surface area contributed by atoms with Crippen LogP contribution in [-0.4, -0.2) is 16.7 Å². The van der Waals surface area contributed by atoms with Gasteiger partial charge in [-0.1, -0.05) is 55.2 Å². The molecule has 0 aliphatic rings. The summed E-state index contributed by atoms with van der Waals surface area (Å²) in [7, 11) is 0. The van der Waals surface area contributed by atoms with Crippen LogP contribution in [-0.2, 0) is 0 Å². The van der Waals surface area contributed by atoms with Gasteiger partial charge >= 0.3 is 0 Å². The Labute approximate surface area is 139 Å². The molecule has 0 radical (unpaired) electrons. The molecular weight excluding hydrogens is 323 g/mol. The number of carbonyl (C=O) groups is 2. The van der Waals surface area contributed by atoms with E-state index in [0.717, 1.165) is 0 Å². The molecule has 116 valence electrons. The lowest BCUT2D eigenvalue weighted by Gasteiger charge is -2.09. The second-order valence-corrected chi connectivity index (χ2v) is 4.80. The summed E-state index contributed by atoms with van der Waals surface area (Å²) in [5, 5.41) is 2.78. The van der Waals surface area contributed by atoms with Crippen LogP contribution >= 0.6 is 23.2 Å². The number of hydrogen-bond acceptors (Lipinski definition) is 3. The van der Waals surface area contributed by atoms with E-state index in [4.69, 9.17) is 23.2 Å². The van der Waals surface area contributed by atoms with Crippen LogP contribution in [0, 0.1) is 0 Å². The van der Waals surface area contributed by atoms with Crippen LogP contribution in [0.1, 0.15) is 41.6 Å². The average molecular weight is 339 g/mol. The average Bonchev–Trinajstić information content (AvgIpc) is 2.52. The lowest BCUT2D eigenvalue weighted by Crippen LogP contribution is -2.17. The maximum Gasteiger partial charge on any atom is 0.258 e. The third-order valence-corrected chi connectivity index (χ3v) is 3.22. The van der Waals surface area contributed by atoms with E-state index in [0.29, 0.717) is 5.69 Å². The summed E-state index contributed by atoms with van der Waals surface area (Å²) in [4.78, 5) is 27.6. The number of rotatable bonds is 3. The first kappa shape index (κ1) is 18.1. The number of Topliss-reactive ketones (excluding diaryl/α,β-unsaturated/α-hetero) is 1. The minimum absolute atomic E-state index is 0.00636. The second-order valence-electron chi connectivity index (χ2n) is 4.03. The third-order valence-electron chi connectivity index (χ3n) is 2.54. The van der Waals surface area contributed by atoms with E-state index in [1.165, 1.54) is 13.0 Å². The van der Waals surface area contributed by atoms with Crippen molar-refractivity contribution >= 4 is 40.6 Å². The fraction of sp³-hybridized carbons (Fsp3) is 0.188. The molecule has 0 saturated heterocycles. The predicted molar refractivity (Wildman–Crippen MR) is 90.0 cm³/mol. The highest BCUT2D eigenvalue weighted by Gasteiger charge is 2.19. The minimum atomic E-state index is -0.465. The predicted octanol–water partition coefficient (Wildman–Crippen LogP) is 4.87. The van der Waals surface area contributed by atoms with E-state index in [1.807, 2.05) is 19.9 Å². The molecule has 0 saturated carbocycles. The number of benzene rings is 1. The standard InChI is InChI=1S/C14H10Cl2N2O2.C2H6/c1-8(19)12-10(7-11(15)13(16)18-12)14(20)17-9-5-3-2-4-6-9;1-2/h2-7H,1H3,(H,17,20);1-2H3. The van der Waals surface area contributed by atoms with Crippen LogP contribution in [0.4, 0.5) is 5.69 Å². The SMILES string of the molecule is CC.CC(=O)c1nc(Cl)c(Cl)cc1C(=O)Nc1ccccc1. The lowest BCUT2D eigenvalue weighted by molar-refractivity contribution is 0.0981. The molecule has 0 bridgehead atoms. The fourth-order valence-corrected chi connectivity index (χ4v) is 1.92. The van der Waals surface area contributed by atoms with E-state index in [1.54, 1.807) is 24.3 Å². The smallest absolute Gasteiger partial charge is 0.258 e. The summed E-state index contributed by atoms with van der Waals surface area (Å²) in [5.41, 5.74) is 0.696. The number of amides is 1.